The predicted molar refractivity (Wildman–Crippen MR) is 117 cm³/mol. The van der Waals surface area contributed by atoms with E-state index in [0.29, 0.717) is 17.0 Å². The summed E-state index contributed by atoms with van der Waals surface area (Å²) in [5, 5.41) is 0. The minimum atomic E-state index is -3.97. The quantitative estimate of drug-likeness (QED) is 0.543. The van der Waals surface area contributed by atoms with E-state index in [-0.39, 0.29) is 17.3 Å². The molecule has 0 saturated carbocycles. The van der Waals surface area contributed by atoms with Crippen molar-refractivity contribution >= 4 is 27.1 Å². The van der Waals surface area contributed by atoms with E-state index in [9.17, 15) is 8.42 Å². The van der Waals surface area contributed by atoms with Crippen LogP contribution in [0, 0.1) is 13.8 Å². The van der Waals surface area contributed by atoms with Crippen LogP contribution in [0.25, 0.3) is 11.2 Å². The van der Waals surface area contributed by atoms with Gasteiger partial charge in [0.15, 0.2) is 23.5 Å². The third-order valence-electron chi connectivity index (χ3n) is 5.66. The smallest absolute Gasteiger partial charge is 0.297 e. The van der Waals surface area contributed by atoms with Crippen molar-refractivity contribution in [1.82, 2.24) is 19.5 Å². The highest BCUT2D eigenvalue weighted by molar-refractivity contribution is 7.86. The summed E-state index contributed by atoms with van der Waals surface area (Å²) in [7, 11) is -3.97. The third-order valence-corrected chi connectivity index (χ3v) is 6.95. The van der Waals surface area contributed by atoms with Crippen LogP contribution in [0.2, 0.25) is 0 Å². The number of nitrogens with zero attached hydrogens (tertiary/aromatic N) is 4. The average molecular weight is 476 g/mol. The average Bonchev–Trinajstić information content (AvgIpc) is 3.37. The molecule has 12 heteroatoms. The Balaban J connectivity index is 1.43. The second-order valence-corrected chi connectivity index (χ2v) is 10.3. The minimum Gasteiger partial charge on any atom is -0.382 e. The van der Waals surface area contributed by atoms with Crippen LogP contribution >= 0.6 is 0 Å². The molecule has 1 aromatic carbocycles. The van der Waals surface area contributed by atoms with Gasteiger partial charge in [-0.3, -0.25) is 8.75 Å². The van der Waals surface area contributed by atoms with Crippen LogP contribution in [0.4, 0.5) is 5.82 Å². The van der Waals surface area contributed by atoms with Crippen molar-refractivity contribution in [2.24, 2.45) is 0 Å². The van der Waals surface area contributed by atoms with E-state index in [1.807, 2.05) is 6.92 Å². The number of fused-ring (bicyclic) bond motifs is 2. The summed E-state index contributed by atoms with van der Waals surface area (Å²) in [5.74, 6) is -0.130. The van der Waals surface area contributed by atoms with Crippen LogP contribution < -0.4 is 5.73 Å². The van der Waals surface area contributed by atoms with Gasteiger partial charge in [0.2, 0.25) is 0 Å². The fraction of sp³-hybridized carbons (Fsp3) is 0.476. The fourth-order valence-electron chi connectivity index (χ4n) is 4.18. The molecule has 2 fully saturated rings. The van der Waals surface area contributed by atoms with Gasteiger partial charge in [0.05, 0.1) is 17.8 Å². The highest BCUT2D eigenvalue weighted by atomic mass is 32.2. The molecule has 4 heterocycles. The summed E-state index contributed by atoms with van der Waals surface area (Å²) >= 11 is 0. The van der Waals surface area contributed by atoms with E-state index in [1.165, 1.54) is 12.1 Å². The van der Waals surface area contributed by atoms with Crippen molar-refractivity contribution < 1.29 is 26.8 Å². The van der Waals surface area contributed by atoms with Gasteiger partial charge < -0.3 is 19.9 Å². The Morgan fingerprint density at radius 2 is 1.82 bits per heavy atom. The Hall–Kier alpha value is -2.64. The van der Waals surface area contributed by atoms with Crippen molar-refractivity contribution in [3.8, 4) is 0 Å². The molecule has 0 unspecified atom stereocenters. The third kappa shape index (κ3) is 3.97. The van der Waals surface area contributed by atoms with Crippen LogP contribution in [0.3, 0.4) is 0 Å². The van der Waals surface area contributed by atoms with Crippen molar-refractivity contribution in [2.45, 2.75) is 62.9 Å². The predicted octanol–water partition coefficient (Wildman–Crippen LogP) is 1.85. The van der Waals surface area contributed by atoms with Crippen molar-refractivity contribution in [1.29, 1.82) is 0 Å². The van der Waals surface area contributed by atoms with Gasteiger partial charge in [0.25, 0.3) is 10.1 Å². The molecular formula is C21H25N5O6S. The van der Waals surface area contributed by atoms with E-state index in [2.05, 4.69) is 15.0 Å². The molecule has 0 spiro atoms. The highest BCUT2D eigenvalue weighted by Crippen LogP contribution is 2.44. The van der Waals surface area contributed by atoms with Crippen LogP contribution in [-0.4, -0.2) is 58.6 Å². The molecule has 2 aliphatic heterocycles. The standard InChI is InChI=1S/C21H25N5O6S/c1-11-5-7-13(8-6-11)33(27,28)29-9-14-16-17(32-21(3,4)31-16)20(30-14)26-10-23-15-18(22)24-12(2)25-19(15)26/h5-8,10,14,16-17,20H,9H2,1-4H3,(H2,22,24,25)/t14-,16-,17-,20-/m1/s1. The molecule has 0 amide bonds. The van der Waals surface area contributed by atoms with Gasteiger partial charge in [-0.05, 0) is 39.8 Å². The molecule has 0 aliphatic carbocycles. The van der Waals surface area contributed by atoms with Crippen LogP contribution in [0.1, 0.15) is 31.5 Å². The Kier molecular flexibility index (Phi) is 5.18. The maximum absolute atomic E-state index is 12.7. The molecule has 2 aliphatic rings. The zero-order chi connectivity index (χ0) is 23.5. The van der Waals surface area contributed by atoms with Gasteiger partial charge in [-0.2, -0.15) is 8.42 Å². The van der Waals surface area contributed by atoms with E-state index in [1.54, 1.807) is 43.8 Å². The first-order chi connectivity index (χ1) is 15.5. The fourth-order valence-corrected chi connectivity index (χ4v) is 5.10. The molecule has 2 N–H and O–H groups in total. The number of ether oxygens (including phenoxy) is 3. The maximum atomic E-state index is 12.7. The lowest BCUT2D eigenvalue weighted by Gasteiger charge is -2.24. The van der Waals surface area contributed by atoms with Gasteiger partial charge in [-0.15, -0.1) is 0 Å². The number of aromatic nitrogens is 4. The Bertz CT molecular complexity index is 1310. The number of benzene rings is 1. The summed E-state index contributed by atoms with van der Waals surface area (Å²) in [4.78, 5) is 13.0. The molecule has 0 bridgehead atoms. The maximum Gasteiger partial charge on any atom is 0.297 e. The Morgan fingerprint density at radius 3 is 2.55 bits per heavy atom. The molecule has 176 valence electrons. The van der Waals surface area contributed by atoms with Gasteiger partial charge in [0.1, 0.15) is 29.7 Å². The highest BCUT2D eigenvalue weighted by Gasteiger charge is 2.56. The first-order valence-corrected chi connectivity index (χ1v) is 11.9. The Labute approximate surface area is 191 Å². The van der Waals surface area contributed by atoms with Crippen molar-refractivity contribution in [2.75, 3.05) is 12.3 Å². The number of hydrogen-bond acceptors (Lipinski definition) is 10. The summed E-state index contributed by atoms with van der Waals surface area (Å²) in [5.41, 5.74) is 7.88. The molecule has 2 aromatic heterocycles. The molecular weight excluding hydrogens is 450 g/mol. The lowest BCUT2D eigenvalue weighted by Crippen LogP contribution is -2.33. The molecule has 33 heavy (non-hydrogen) atoms. The van der Waals surface area contributed by atoms with Gasteiger partial charge in [0, 0.05) is 0 Å². The van der Waals surface area contributed by atoms with Crippen molar-refractivity contribution in [3.05, 3.63) is 42.0 Å². The number of imidazole rings is 1. The SMILES string of the molecule is Cc1ccc(S(=O)(=O)OC[C@H]2O[C@@H](n3cnc4c(N)nc(C)nc43)[C@@H]3OC(C)(C)O[C@@H]32)cc1. The minimum absolute atomic E-state index is 0.0753. The Morgan fingerprint density at radius 1 is 1.12 bits per heavy atom. The van der Waals surface area contributed by atoms with E-state index < -0.39 is 40.4 Å². The molecule has 3 aromatic rings. The second-order valence-electron chi connectivity index (χ2n) is 8.66. The summed E-state index contributed by atoms with van der Waals surface area (Å²) in [6, 6.07) is 6.44. The molecule has 2 saturated heterocycles. The molecule has 4 atom stereocenters. The van der Waals surface area contributed by atoms with Crippen LogP contribution in [0.15, 0.2) is 35.5 Å². The summed E-state index contributed by atoms with van der Waals surface area (Å²) in [6.07, 6.45) is -0.927. The molecule has 0 radical (unpaired) electrons. The lowest BCUT2D eigenvalue weighted by atomic mass is 10.1. The first-order valence-electron chi connectivity index (χ1n) is 10.5. The zero-order valence-electron chi connectivity index (χ0n) is 18.6. The normalized spacial score (nSPS) is 26.7. The van der Waals surface area contributed by atoms with Crippen LogP contribution in [0.5, 0.6) is 0 Å². The number of hydrogen-bond donors (Lipinski definition) is 1. The monoisotopic (exact) mass is 475 g/mol. The van der Waals surface area contributed by atoms with Crippen molar-refractivity contribution in [3.63, 3.8) is 0 Å². The number of rotatable bonds is 5. The second kappa shape index (κ2) is 7.71. The van der Waals surface area contributed by atoms with Gasteiger partial charge >= 0.3 is 0 Å². The number of nitrogens with two attached hydrogens (primary N) is 1. The molecule has 5 rings (SSSR count). The number of aryl methyl sites for hydroxylation is 2. The topological polar surface area (TPSA) is 141 Å². The van der Waals surface area contributed by atoms with E-state index in [4.69, 9.17) is 24.1 Å². The van der Waals surface area contributed by atoms with Crippen LogP contribution in [-0.2, 0) is 28.5 Å². The van der Waals surface area contributed by atoms with Gasteiger partial charge in [-0.1, -0.05) is 17.7 Å². The largest absolute Gasteiger partial charge is 0.382 e. The number of nitrogen functional groups attached to an aromatic ring is 1. The van der Waals surface area contributed by atoms with E-state index in [0.717, 1.165) is 5.56 Å². The zero-order valence-corrected chi connectivity index (χ0v) is 19.4. The lowest BCUT2D eigenvalue weighted by molar-refractivity contribution is -0.198. The summed E-state index contributed by atoms with van der Waals surface area (Å²) < 4.78 is 50.8. The summed E-state index contributed by atoms with van der Waals surface area (Å²) in [6.45, 7) is 6.95. The van der Waals surface area contributed by atoms with Gasteiger partial charge in [-0.25, -0.2) is 15.0 Å². The number of anilines is 1. The first kappa shape index (κ1) is 22.2. The molecule has 11 nitrogen and oxygen atoms in total. The van der Waals surface area contributed by atoms with E-state index >= 15 is 0 Å².